The lowest BCUT2D eigenvalue weighted by molar-refractivity contribution is -0.121. The highest BCUT2D eigenvalue weighted by atomic mass is 32.2. The maximum Gasteiger partial charge on any atom is 0.267 e. The van der Waals surface area contributed by atoms with Crippen LogP contribution in [0.1, 0.15) is 19.4 Å². The van der Waals surface area contributed by atoms with Gasteiger partial charge in [0.05, 0.1) is 10.5 Å². The molecule has 1 N–H and O–H groups in total. The second-order valence-corrected chi connectivity index (χ2v) is 8.14. The minimum Gasteiger partial charge on any atom is -0.369 e. The van der Waals surface area contributed by atoms with Crippen LogP contribution in [0, 0.1) is 5.92 Å². The van der Waals surface area contributed by atoms with Crippen molar-refractivity contribution in [1.82, 2.24) is 14.3 Å². The van der Waals surface area contributed by atoms with Gasteiger partial charge in [-0.2, -0.15) is 0 Å². The molecule has 27 heavy (non-hydrogen) atoms. The summed E-state index contributed by atoms with van der Waals surface area (Å²) in [6.07, 6.45) is 4.87. The first kappa shape index (κ1) is 19.3. The minimum absolute atomic E-state index is 0.225. The second kappa shape index (κ2) is 8.06. The highest BCUT2D eigenvalue weighted by Crippen LogP contribution is 2.32. The molecule has 1 aliphatic heterocycles. The molecule has 8 heteroatoms. The Kier molecular flexibility index (Phi) is 5.76. The Morgan fingerprint density at radius 3 is 2.85 bits per heavy atom. The molecule has 0 aromatic carbocycles. The molecule has 1 aliphatic rings. The first-order valence-corrected chi connectivity index (χ1v) is 9.76. The van der Waals surface area contributed by atoms with E-state index in [1.54, 1.807) is 30.5 Å². The van der Waals surface area contributed by atoms with Crippen LogP contribution in [0.25, 0.3) is 11.7 Å². The number of hydrogen-bond acceptors (Lipinski definition) is 6. The number of carbonyl (C=O) groups excluding carboxylic acids is 1. The zero-order valence-corrected chi connectivity index (χ0v) is 16.8. The third-order valence-corrected chi connectivity index (χ3v) is 5.29. The topological polar surface area (TPSA) is 66.7 Å². The van der Waals surface area contributed by atoms with E-state index in [9.17, 15) is 9.59 Å². The number of pyridine rings is 1. The lowest BCUT2D eigenvalue weighted by Gasteiger charge is -2.13. The van der Waals surface area contributed by atoms with Gasteiger partial charge in [0.15, 0.2) is 0 Å². The number of aromatic nitrogens is 2. The summed E-state index contributed by atoms with van der Waals surface area (Å²) in [6.45, 7) is 8.79. The Morgan fingerprint density at radius 1 is 1.37 bits per heavy atom. The van der Waals surface area contributed by atoms with Gasteiger partial charge in [0.25, 0.3) is 11.5 Å². The van der Waals surface area contributed by atoms with Crippen LogP contribution in [0.2, 0.25) is 0 Å². The average molecular weight is 401 g/mol. The summed E-state index contributed by atoms with van der Waals surface area (Å²) < 4.78 is 1.92. The van der Waals surface area contributed by atoms with Crippen molar-refractivity contribution >= 4 is 51.7 Å². The van der Waals surface area contributed by atoms with E-state index in [2.05, 4.69) is 30.7 Å². The van der Waals surface area contributed by atoms with Crippen molar-refractivity contribution in [3.63, 3.8) is 0 Å². The SMILES string of the molecule is C=CCN1C(=O)C(=Cc2c(NCC(C)C)nc3ccccn3c2=O)SC1=S. The molecule has 3 heterocycles. The molecule has 0 atom stereocenters. The predicted octanol–water partition coefficient (Wildman–Crippen LogP) is 3.15. The summed E-state index contributed by atoms with van der Waals surface area (Å²) in [7, 11) is 0. The number of anilines is 1. The zero-order chi connectivity index (χ0) is 19.6. The highest BCUT2D eigenvalue weighted by Gasteiger charge is 2.31. The van der Waals surface area contributed by atoms with Gasteiger partial charge in [0.2, 0.25) is 0 Å². The van der Waals surface area contributed by atoms with Gasteiger partial charge in [-0.1, -0.05) is 50.0 Å². The normalized spacial score (nSPS) is 16.0. The molecule has 0 bridgehead atoms. The Hall–Kier alpha value is -2.45. The Balaban J connectivity index is 2.12. The van der Waals surface area contributed by atoms with Crippen molar-refractivity contribution in [1.29, 1.82) is 0 Å². The summed E-state index contributed by atoms with van der Waals surface area (Å²) in [4.78, 5) is 32.1. The van der Waals surface area contributed by atoms with Gasteiger partial charge in [-0.05, 0) is 24.1 Å². The molecule has 2 aromatic rings. The first-order valence-electron chi connectivity index (χ1n) is 8.54. The van der Waals surface area contributed by atoms with Crippen LogP contribution in [0.4, 0.5) is 5.82 Å². The van der Waals surface area contributed by atoms with Crippen LogP contribution < -0.4 is 10.9 Å². The van der Waals surface area contributed by atoms with Gasteiger partial charge < -0.3 is 5.32 Å². The van der Waals surface area contributed by atoms with Crippen LogP contribution in [0.15, 0.2) is 46.8 Å². The van der Waals surface area contributed by atoms with E-state index in [1.165, 1.54) is 21.1 Å². The number of hydrogen-bond donors (Lipinski definition) is 1. The third kappa shape index (κ3) is 3.96. The fraction of sp³-hybridized carbons (Fsp3) is 0.263. The number of thiocarbonyl (C=S) groups is 1. The quantitative estimate of drug-likeness (QED) is 0.456. The molecule has 1 saturated heterocycles. The molecule has 140 valence electrons. The van der Waals surface area contributed by atoms with Crippen molar-refractivity contribution in [2.24, 2.45) is 5.92 Å². The van der Waals surface area contributed by atoms with Crippen LogP contribution in [-0.4, -0.2) is 37.6 Å². The lowest BCUT2D eigenvalue weighted by Crippen LogP contribution is -2.28. The summed E-state index contributed by atoms with van der Waals surface area (Å²) in [5, 5.41) is 3.23. The number of carbonyl (C=O) groups is 1. The molecule has 3 rings (SSSR count). The summed E-state index contributed by atoms with van der Waals surface area (Å²) >= 11 is 6.45. The number of fused-ring (bicyclic) bond motifs is 1. The van der Waals surface area contributed by atoms with E-state index in [0.29, 0.717) is 45.3 Å². The molecule has 0 unspecified atom stereocenters. The van der Waals surface area contributed by atoms with Crippen molar-refractivity contribution < 1.29 is 4.79 Å². The monoisotopic (exact) mass is 400 g/mol. The largest absolute Gasteiger partial charge is 0.369 e. The average Bonchev–Trinajstić information content (AvgIpc) is 2.90. The van der Waals surface area contributed by atoms with Gasteiger partial charge >= 0.3 is 0 Å². The van der Waals surface area contributed by atoms with Gasteiger partial charge in [-0.25, -0.2) is 4.98 Å². The standard InChI is InChI=1S/C19H20N4O2S2/c1-4-8-23-18(25)14(27-19(23)26)10-13-16(20-11-12(2)3)21-15-7-5-6-9-22(15)17(13)24/h4-7,9-10,12,20H,1,8,11H2,2-3H3. The maximum absolute atomic E-state index is 13.0. The Bertz CT molecular complexity index is 1010. The summed E-state index contributed by atoms with van der Waals surface area (Å²) in [5.74, 6) is 0.617. The van der Waals surface area contributed by atoms with Crippen LogP contribution in [0.3, 0.4) is 0 Å². The molecule has 0 radical (unpaired) electrons. The van der Waals surface area contributed by atoms with Gasteiger partial charge in [0.1, 0.15) is 15.8 Å². The number of nitrogens with zero attached hydrogens (tertiary/aromatic N) is 3. The van der Waals surface area contributed by atoms with Crippen LogP contribution in [-0.2, 0) is 4.79 Å². The number of thioether (sulfide) groups is 1. The fourth-order valence-corrected chi connectivity index (χ4v) is 3.84. The third-order valence-electron chi connectivity index (χ3n) is 3.91. The maximum atomic E-state index is 13.0. The van der Waals surface area contributed by atoms with Crippen molar-refractivity contribution in [2.45, 2.75) is 13.8 Å². The fourth-order valence-electron chi connectivity index (χ4n) is 2.59. The molecular weight excluding hydrogens is 380 g/mol. The number of rotatable bonds is 6. The van der Waals surface area contributed by atoms with Crippen LogP contribution >= 0.6 is 24.0 Å². The van der Waals surface area contributed by atoms with Gasteiger partial charge in [0, 0.05) is 19.3 Å². The predicted molar refractivity (Wildman–Crippen MR) is 115 cm³/mol. The molecule has 1 fully saturated rings. The molecule has 0 aliphatic carbocycles. The number of amides is 1. The molecular formula is C19H20N4O2S2. The minimum atomic E-state index is -0.235. The van der Waals surface area contributed by atoms with E-state index in [0.717, 1.165) is 0 Å². The van der Waals surface area contributed by atoms with Crippen molar-refractivity contribution in [3.8, 4) is 0 Å². The second-order valence-electron chi connectivity index (χ2n) is 6.46. The molecule has 2 aromatic heterocycles. The van der Waals surface area contributed by atoms with E-state index >= 15 is 0 Å². The first-order chi connectivity index (χ1) is 12.9. The number of nitrogens with one attached hydrogen (secondary N) is 1. The van der Waals surface area contributed by atoms with E-state index in [4.69, 9.17) is 12.2 Å². The Morgan fingerprint density at radius 2 is 2.15 bits per heavy atom. The zero-order valence-electron chi connectivity index (χ0n) is 15.1. The van der Waals surface area contributed by atoms with E-state index in [1.807, 2.05) is 6.07 Å². The molecule has 6 nitrogen and oxygen atoms in total. The summed E-state index contributed by atoms with van der Waals surface area (Å²) in [5.41, 5.74) is 0.657. The van der Waals surface area contributed by atoms with Crippen LogP contribution in [0.5, 0.6) is 0 Å². The van der Waals surface area contributed by atoms with Gasteiger partial charge in [-0.15, -0.1) is 6.58 Å². The lowest BCUT2D eigenvalue weighted by atomic mass is 10.2. The highest BCUT2D eigenvalue weighted by molar-refractivity contribution is 8.26. The Labute approximate surface area is 167 Å². The van der Waals surface area contributed by atoms with Crippen molar-refractivity contribution in [3.05, 3.63) is 57.9 Å². The van der Waals surface area contributed by atoms with Gasteiger partial charge in [-0.3, -0.25) is 18.9 Å². The summed E-state index contributed by atoms with van der Waals surface area (Å²) in [6, 6.07) is 5.37. The molecule has 1 amide bonds. The smallest absolute Gasteiger partial charge is 0.267 e. The van der Waals surface area contributed by atoms with E-state index < -0.39 is 0 Å². The van der Waals surface area contributed by atoms with Crippen molar-refractivity contribution in [2.75, 3.05) is 18.4 Å². The molecule has 0 saturated carbocycles. The molecule has 0 spiro atoms. The van der Waals surface area contributed by atoms with E-state index in [-0.39, 0.29) is 11.5 Å².